The van der Waals surface area contributed by atoms with Crippen LogP contribution in [0.15, 0.2) is 18.5 Å². The molecular weight excluding hydrogens is 264 g/mol. The Kier molecular flexibility index (Phi) is 5.99. The average Bonchev–Trinajstić information content (AvgIpc) is 2.52. The minimum Gasteiger partial charge on any atom is -0.370 e. The number of aromatic nitrogens is 1. The van der Waals surface area contributed by atoms with E-state index in [-0.39, 0.29) is 5.91 Å². The standard InChI is InChI=1S/C16H26N4O/c1-19(2)8-6-7-18-16(21)14-11-15(13-17-12-14)20-9-4-3-5-10-20/h11-13H,3-10H2,1-2H3,(H,18,21). The van der Waals surface area contributed by atoms with Crippen LogP contribution in [-0.2, 0) is 0 Å². The first-order valence-electron chi connectivity index (χ1n) is 7.80. The van der Waals surface area contributed by atoms with Crippen molar-refractivity contribution in [1.82, 2.24) is 15.2 Å². The highest BCUT2D eigenvalue weighted by atomic mass is 16.1. The molecule has 1 aliphatic heterocycles. The summed E-state index contributed by atoms with van der Waals surface area (Å²) in [6.07, 6.45) is 8.21. The van der Waals surface area contributed by atoms with E-state index in [4.69, 9.17) is 0 Å². The Morgan fingerprint density at radius 1 is 1.29 bits per heavy atom. The van der Waals surface area contributed by atoms with Crippen molar-refractivity contribution in [3.8, 4) is 0 Å². The van der Waals surface area contributed by atoms with E-state index in [1.54, 1.807) is 6.20 Å². The molecule has 0 unspecified atom stereocenters. The molecule has 1 aliphatic rings. The first-order chi connectivity index (χ1) is 10.2. The molecule has 0 aromatic carbocycles. The minimum atomic E-state index is -0.0277. The predicted octanol–water partition coefficient (Wildman–Crippen LogP) is 1.75. The second kappa shape index (κ2) is 7.98. The van der Waals surface area contributed by atoms with Gasteiger partial charge in [0.25, 0.3) is 5.91 Å². The fourth-order valence-electron chi connectivity index (χ4n) is 2.58. The molecule has 0 aliphatic carbocycles. The first-order valence-corrected chi connectivity index (χ1v) is 7.80. The summed E-state index contributed by atoms with van der Waals surface area (Å²) >= 11 is 0. The molecule has 1 N–H and O–H groups in total. The number of hydrogen-bond acceptors (Lipinski definition) is 4. The highest BCUT2D eigenvalue weighted by Crippen LogP contribution is 2.19. The SMILES string of the molecule is CN(C)CCCNC(=O)c1cncc(N2CCCCC2)c1. The number of amides is 1. The Morgan fingerprint density at radius 3 is 2.76 bits per heavy atom. The van der Waals surface area contributed by atoms with Crippen LogP contribution in [0.2, 0.25) is 0 Å². The summed E-state index contributed by atoms with van der Waals surface area (Å²) in [6, 6.07) is 1.96. The van der Waals surface area contributed by atoms with E-state index in [9.17, 15) is 4.79 Å². The third-order valence-corrected chi connectivity index (χ3v) is 3.77. The maximum Gasteiger partial charge on any atom is 0.252 e. The second-order valence-electron chi connectivity index (χ2n) is 5.89. The van der Waals surface area contributed by atoms with Gasteiger partial charge in [0.2, 0.25) is 0 Å². The summed E-state index contributed by atoms with van der Waals surface area (Å²) in [4.78, 5) is 20.8. The molecule has 2 heterocycles. The molecule has 0 spiro atoms. The molecule has 0 saturated carbocycles. The smallest absolute Gasteiger partial charge is 0.252 e. The van der Waals surface area contributed by atoms with Crippen molar-refractivity contribution in [3.05, 3.63) is 24.0 Å². The van der Waals surface area contributed by atoms with E-state index >= 15 is 0 Å². The van der Waals surface area contributed by atoms with Gasteiger partial charge in [-0.25, -0.2) is 0 Å². The van der Waals surface area contributed by atoms with Crippen LogP contribution in [0.1, 0.15) is 36.0 Å². The molecule has 0 atom stereocenters. The van der Waals surface area contributed by atoms with E-state index in [2.05, 4.69) is 20.1 Å². The number of rotatable bonds is 6. The van der Waals surface area contributed by atoms with Crippen molar-refractivity contribution in [1.29, 1.82) is 0 Å². The Labute approximate surface area is 127 Å². The van der Waals surface area contributed by atoms with Gasteiger partial charge in [-0.1, -0.05) is 0 Å². The number of nitrogens with one attached hydrogen (secondary N) is 1. The van der Waals surface area contributed by atoms with Gasteiger partial charge in [-0.05, 0) is 52.4 Å². The van der Waals surface area contributed by atoms with Gasteiger partial charge in [-0.3, -0.25) is 9.78 Å². The van der Waals surface area contributed by atoms with Gasteiger partial charge in [-0.15, -0.1) is 0 Å². The zero-order chi connectivity index (χ0) is 15.1. The van der Waals surface area contributed by atoms with E-state index in [1.807, 2.05) is 26.4 Å². The maximum absolute atomic E-state index is 12.1. The number of carbonyl (C=O) groups excluding carboxylic acids is 1. The topological polar surface area (TPSA) is 48.5 Å². The quantitative estimate of drug-likeness (QED) is 0.811. The second-order valence-corrected chi connectivity index (χ2v) is 5.89. The van der Waals surface area contributed by atoms with Crippen LogP contribution >= 0.6 is 0 Å². The molecule has 116 valence electrons. The Hall–Kier alpha value is -1.62. The lowest BCUT2D eigenvalue weighted by atomic mass is 10.1. The number of carbonyl (C=O) groups is 1. The van der Waals surface area contributed by atoms with E-state index in [0.29, 0.717) is 12.1 Å². The fourth-order valence-corrected chi connectivity index (χ4v) is 2.58. The van der Waals surface area contributed by atoms with Gasteiger partial charge in [0.05, 0.1) is 17.4 Å². The van der Waals surface area contributed by atoms with Crippen molar-refractivity contribution in [2.24, 2.45) is 0 Å². The van der Waals surface area contributed by atoms with Gasteiger partial charge in [0, 0.05) is 25.8 Å². The molecule has 5 heteroatoms. The molecule has 0 radical (unpaired) electrons. The van der Waals surface area contributed by atoms with E-state index in [0.717, 1.165) is 31.7 Å². The molecule has 21 heavy (non-hydrogen) atoms. The highest BCUT2D eigenvalue weighted by Gasteiger charge is 2.13. The molecule has 1 aromatic rings. The summed E-state index contributed by atoms with van der Waals surface area (Å²) in [5.74, 6) is -0.0277. The Balaban J connectivity index is 1.88. The third-order valence-electron chi connectivity index (χ3n) is 3.77. The van der Waals surface area contributed by atoms with Gasteiger partial charge in [0.15, 0.2) is 0 Å². The average molecular weight is 290 g/mol. The van der Waals surface area contributed by atoms with E-state index in [1.165, 1.54) is 19.3 Å². The fraction of sp³-hybridized carbons (Fsp3) is 0.625. The van der Waals surface area contributed by atoms with Crippen molar-refractivity contribution in [2.75, 3.05) is 45.2 Å². The number of hydrogen-bond donors (Lipinski definition) is 1. The van der Waals surface area contributed by atoms with Crippen LogP contribution in [0.25, 0.3) is 0 Å². The molecule has 2 rings (SSSR count). The van der Waals surface area contributed by atoms with Crippen LogP contribution in [0.3, 0.4) is 0 Å². The molecule has 1 saturated heterocycles. The van der Waals surface area contributed by atoms with Crippen LogP contribution in [0.5, 0.6) is 0 Å². The Bertz CT molecular complexity index is 455. The summed E-state index contributed by atoms with van der Waals surface area (Å²) in [6.45, 7) is 3.81. The molecule has 5 nitrogen and oxygen atoms in total. The van der Waals surface area contributed by atoms with Gasteiger partial charge >= 0.3 is 0 Å². The molecule has 1 amide bonds. The highest BCUT2D eigenvalue weighted by molar-refractivity contribution is 5.94. The lowest BCUT2D eigenvalue weighted by molar-refractivity contribution is 0.0952. The van der Waals surface area contributed by atoms with Crippen molar-refractivity contribution in [3.63, 3.8) is 0 Å². The van der Waals surface area contributed by atoms with Gasteiger partial charge in [0.1, 0.15) is 0 Å². The predicted molar refractivity (Wildman–Crippen MR) is 85.8 cm³/mol. The third kappa shape index (κ3) is 5.01. The molecule has 1 aromatic heterocycles. The molecular formula is C16H26N4O. The molecule has 0 bridgehead atoms. The lowest BCUT2D eigenvalue weighted by Crippen LogP contribution is -2.30. The maximum atomic E-state index is 12.1. The van der Waals surface area contributed by atoms with Gasteiger partial charge < -0.3 is 15.1 Å². The first kappa shape index (κ1) is 15.8. The molecule has 1 fully saturated rings. The summed E-state index contributed by atoms with van der Waals surface area (Å²) in [5.41, 5.74) is 1.72. The number of anilines is 1. The van der Waals surface area contributed by atoms with Crippen LogP contribution in [0, 0.1) is 0 Å². The largest absolute Gasteiger partial charge is 0.370 e. The summed E-state index contributed by atoms with van der Waals surface area (Å²) in [7, 11) is 4.07. The van der Waals surface area contributed by atoms with Gasteiger partial charge in [-0.2, -0.15) is 0 Å². The number of nitrogens with zero attached hydrogens (tertiary/aromatic N) is 3. The number of pyridine rings is 1. The van der Waals surface area contributed by atoms with Crippen LogP contribution < -0.4 is 10.2 Å². The van der Waals surface area contributed by atoms with Crippen molar-refractivity contribution in [2.45, 2.75) is 25.7 Å². The van der Waals surface area contributed by atoms with Crippen molar-refractivity contribution >= 4 is 11.6 Å². The monoisotopic (exact) mass is 290 g/mol. The zero-order valence-electron chi connectivity index (χ0n) is 13.1. The van der Waals surface area contributed by atoms with Crippen molar-refractivity contribution < 1.29 is 4.79 Å². The summed E-state index contributed by atoms with van der Waals surface area (Å²) in [5, 5.41) is 2.96. The minimum absolute atomic E-state index is 0.0277. The normalized spacial score (nSPS) is 15.3. The summed E-state index contributed by atoms with van der Waals surface area (Å²) < 4.78 is 0. The Morgan fingerprint density at radius 2 is 2.05 bits per heavy atom. The van der Waals surface area contributed by atoms with Crippen LogP contribution in [-0.4, -0.2) is 56.1 Å². The van der Waals surface area contributed by atoms with Crippen LogP contribution in [0.4, 0.5) is 5.69 Å². The lowest BCUT2D eigenvalue weighted by Gasteiger charge is -2.28. The number of piperidine rings is 1. The van der Waals surface area contributed by atoms with E-state index < -0.39 is 0 Å². The zero-order valence-corrected chi connectivity index (χ0v) is 13.1.